The third-order valence-electron chi connectivity index (χ3n) is 4.46. The van der Waals surface area contributed by atoms with Crippen LogP contribution in [0.3, 0.4) is 0 Å². The van der Waals surface area contributed by atoms with Gasteiger partial charge in [-0.3, -0.25) is 0 Å². The van der Waals surface area contributed by atoms with Crippen molar-refractivity contribution in [3.63, 3.8) is 0 Å². The van der Waals surface area contributed by atoms with E-state index in [1.54, 1.807) is 0 Å². The van der Waals surface area contributed by atoms with Gasteiger partial charge in [0.15, 0.2) is 0 Å². The van der Waals surface area contributed by atoms with Crippen LogP contribution in [-0.2, 0) is 0 Å². The summed E-state index contributed by atoms with van der Waals surface area (Å²) >= 11 is 2.13. The minimum Gasteiger partial charge on any atom is -0.316 e. The standard InChI is InChI=1S/C15H29NS/c1-13(2)9-15(6-3-4-7-15)12-16-10-14-5-8-17-11-14/h13-14,16H,3-12H2,1-2H3. The van der Waals surface area contributed by atoms with E-state index >= 15 is 0 Å². The Morgan fingerprint density at radius 3 is 2.65 bits per heavy atom. The van der Waals surface area contributed by atoms with Gasteiger partial charge >= 0.3 is 0 Å². The first-order valence-electron chi connectivity index (χ1n) is 7.49. The molecule has 2 heteroatoms. The van der Waals surface area contributed by atoms with Crippen molar-refractivity contribution in [3.05, 3.63) is 0 Å². The molecule has 2 aliphatic rings. The largest absolute Gasteiger partial charge is 0.316 e. The first-order chi connectivity index (χ1) is 8.20. The molecular formula is C15H29NS. The lowest BCUT2D eigenvalue weighted by atomic mass is 9.78. The third-order valence-corrected chi connectivity index (χ3v) is 5.69. The highest BCUT2D eigenvalue weighted by atomic mass is 32.2. The van der Waals surface area contributed by atoms with Crippen LogP contribution < -0.4 is 5.32 Å². The van der Waals surface area contributed by atoms with Gasteiger partial charge in [-0.15, -0.1) is 0 Å². The van der Waals surface area contributed by atoms with Gasteiger partial charge in [-0.25, -0.2) is 0 Å². The van der Waals surface area contributed by atoms with Crippen LogP contribution in [-0.4, -0.2) is 24.6 Å². The van der Waals surface area contributed by atoms with Crippen molar-refractivity contribution in [2.75, 3.05) is 24.6 Å². The maximum Gasteiger partial charge on any atom is 0.000803 e. The van der Waals surface area contributed by atoms with E-state index < -0.39 is 0 Å². The molecule has 0 amide bonds. The molecule has 1 aliphatic heterocycles. The second-order valence-electron chi connectivity index (χ2n) is 6.67. The molecule has 0 bridgehead atoms. The molecule has 17 heavy (non-hydrogen) atoms. The molecule has 1 saturated carbocycles. The van der Waals surface area contributed by atoms with Crippen LogP contribution >= 0.6 is 11.8 Å². The zero-order chi connectivity index (χ0) is 12.1. The van der Waals surface area contributed by atoms with Crippen LogP contribution in [0.1, 0.15) is 52.4 Å². The van der Waals surface area contributed by atoms with Crippen LogP contribution in [0.2, 0.25) is 0 Å². The lowest BCUT2D eigenvalue weighted by Crippen LogP contribution is -2.35. The number of nitrogens with one attached hydrogen (secondary N) is 1. The van der Waals surface area contributed by atoms with Crippen LogP contribution in [0.4, 0.5) is 0 Å². The normalized spacial score (nSPS) is 28.1. The second kappa shape index (κ2) is 6.47. The van der Waals surface area contributed by atoms with Crippen molar-refractivity contribution in [1.29, 1.82) is 0 Å². The molecule has 1 nitrogen and oxygen atoms in total. The summed E-state index contributed by atoms with van der Waals surface area (Å²) in [5.74, 6) is 4.60. The molecule has 0 aromatic rings. The molecule has 0 aromatic carbocycles. The maximum atomic E-state index is 3.80. The summed E-state index contributed by atoms with van der Waals surface area (Å²) in [5, 5.41) is 3.80. The van der Waals surface area contributed by atoms with Gasteiger partial charge < -0.3 is 5.32 Å². The zero-order valence-electron chi connectivity index (χ0n) is 11.6. The Balaban J connectivity index is 1.73. The lowest BCUT2D eigenvalue weighted by molar-refractivity contribution is 0.221. The topological polar surface area (TPSA) is 12.0 Å². The van der Waals surface area contributed by atoms with E-state index in [0.717, 1.165) is 11.8 Å². The highest BCUT2D eigenvalue weighted by molar-refractivity contribution is 7.99. The number of thioether (sulfide) groups is 1. The smallest absolute Gasteiger partial charge is 0.000803 e. The summed E-state index contributed by atoms with van der Waals surface area (Å²) in [6, 6.07) is 0. The van der Waals surface area contributed by atoms with Crippen molar-refractivity contribution < 1.29 is 0 Å². The predicted molar refractivity (Wildman–Crippen MR) is 78.7 cm³/mol. The van der Waals surface area contributed by atoms with E-state index in [4.69, 9.17) is 0 Å². The molecule has 100 valence electrons. The Morgan fingerprint density at radius 1 is 1.29 bits per heavy atom. The first-order valence-corrected chi connectivity index (χ1v) is 8.64. The van der Waals surface area contributed by atoms with E-state index in [9.17, 15) is 0 Å². The summed E-state index contributed by atoms with van der Waals surface area (Å²) in [6.07, 6.45) is 8.74. The molecule has 1 heterocycles. The number of rotatable bonds is 6. The molecule has 1 N–H and O–H groups in total. The van der Waals surface area contributed by atoms with Gasteiger partial charge in [0.25, 0.3) is 0 Å². The summed E-state index contributed by atoms with van der Waals surface area (Å²) in [6.45, 7) is 7.32. The summed E-state index contributed by atoms with van der Waals surface area (Å²) in [5.41, 5.74) is 0.653. The first kappa shape index (κ1) is 13.7. The molecule has 1 atom stereocenters. The van der Waals surface area contributed by atoms with Crippen molar-refractivity contribution in [3.8, 4) is 0 Å². The SMILES string of the molecule is CC(C)CC1(CNCC2CCSC2)CCCC1. The second-order valence-corrected chi connectivity index (χ2v) is 7.82. The molecule has 0 aromatic heterocycles. The molecule has 0 spiro atoms. The van der Waals surface area contributed by atoms with Crippen molar-refractivity contribution >= 4 is 11.8 Å². The van der Waals surface area contributed by atoms with Gasteiger partial charge in [-0.05, 0) is 61.0 Å². The Kier molecular flexibility index (Phi) is 5.23. The number of hydrogen-bond acceptors (Lipinski definition) is 2. The summed E-state index contributed by atoms with van der Waals surface area (Å²) < 4.78 is 0. The summed E-state index contributed by atoms with van der Waals surface area (Å²) in [4.78, 5) is 0. The Morgan fingerprint density at radius 2 is 2.06 bits per heavy atom. The van der Waals surface area contributed by atoms with Gasteiger partial charge in [-0.1, -0.05) is 26.7 Å². The van der Waals surface area contributed by atoms with E-state index in [2.05, 4.69) is 30.9 Å². The molecular weight excluding hydrogens is 226 g/mol. The molecule has 1 unspecified atom stereocenters. The highest BCUT2D eigenvalue weighted by Gasteiger charge is 2.34. The predicted octanol–water partition coefficient (Wildman–Crippen LogP) is 3.94. The van der Waals surface area contributed by atoms with Gasteiger partial charge in [0.05, 0.1) is 0 Å². The summed E-state index contributed by atoms with van der Waals surface area (Å²) in [7, 11) is 0. The lowest BCUT2D eigenvalue weighted by Gasteiger charge is -2.31. The van der Waals surface area contributed by atoms with Crippen molar-refractivity contribution in [1.82, 2.24) is 5.32 Å². The highest BCUT2D eigenvalue weighted by Crippen LogP contribution is 2.42. The minimum absolute atomic E-state index is 0.653. The monoisotopic (exact) mass is 255 g/mol. The molecule has 2 rings (SSSR count). The fraction of sp³-hybridized carbons (Fsp3) is 1.00. The molecule has 2 fully saturated rings. The van der Waals surface area contributed by atoms with Gasteiger partial charge in [0, 0.05) is 6.54 Å². The van der Waals surface area contributed by atoms with Crippen molar-refractivity contribution in [2.45, 2.75) is 52.4 Å². The average Bonchev–Trinajstić information content (AvgIpc) is 2.89. The van der Waals surface area contributed by atoms with E-state index in [1.165, 1.54) is 63.1 Å². The molecule has 1 saturated heterocycles. The van der Waals surface area contributed by atoms with Crippen LogP contribution in [0.25, 0.3) is 0 Å². The van der Waals surface area contributed by atoms with Gasteiger partial charge in [0.2, 0.25) is 0 Å². The quantitative estimate of drug-likeness (QED) is 0.771. The fourth-order valence-electron chi connectivity index (χ4n) is 3.73. The Hall–Kier alpha value is 0.310. The number of hydrogen-bond donors (Lipinski definition) is 1. The van der Waals surface area contributed by atoms with E-state index in [-0.39, 0.29) is 0 Å². The minimum atomic E-state index is 0.653. The third kappa shape index (κ3) is 4.17. The fourth-order valence-corrected chi connectivity index (χ4v) is 5.01. The van der Waals surface area contributed by atoms with Crippen LogP contribution in [0.15, 0.2) is 0 Å². The van der Waals surface area contributed by atoms with Crippen molar-refractivity contribution in [2.24, 2.45) is 17.3 Å². The molecule has 0 radical (unpaired) electrons. The van der Waals surface area contributed by atoms with Gasteiger partial charge in [0.1, 0.15) is 0 Å². The molecule has 1 aliphatic carbocycles. The average molecular weight is 255 g/mol. The van der Waals surface area contributed by atoms with E-state index in [0.29, 0.717) is 5.41 Å². The van der Waals surface area contributed by atoms with E-state index in [1.807, 2.05) is 0 Å². The van der Waals surface area contributed by atoms with Gasteiger partial charge in [-0.2, -0.15) is 11.8 Å². The zero-order valence-corrected chi connectivity index (χ0v) is 12.5. The Bertz CT molecular complexity index is 215. The van der Waals surface area contributed by atoms with Crippen LogP contribution in [0.5, 0.6) is 0 Å². The van der Waals surface area contributed by atoms with Crippen LogP contribution in [0, 0.1) is 17.3 Å². The Labute approximate surface area is 112 Å². The maximum absolute atomic E-state index is 3.80.